The number of fused-ring (bicyclic) bond motifs is 1. The maximum atomic E-state index is 12.7. The minimum atomic E-state index is -4.30. The molecule has 2 aromatic carbocycles. The Morgan fingerprint density at radius 1 is 0.962 bits per heavy atom. The van der Waals surface area contributed by atoms with Gasteiger partial charge in [0.15, 0.2) is 17.2 Å². The van der Waals surface area contributed by atoms with Crippen LogP contribution in [-0.2, 0) is 19.0 Å². The first-order valence-electron chi connectivity index (χ1n) is 8.43. The van der Waals surface area contributed by atoms with Crippen LogP contribution in [0.4, 0.5) is 13.2 Å². The number of ether oxygens (including phenoxy) is 2. The van der Waals surface area contributed by atoms with Gasteiger partial charge in [0.25, 0.3) is 0 Å². The molecule has 3 nitrogen and oxygen atoms in total. The van der Waals surface area contributed by atoms with E-state index in [1.807, 2.05) is 12.1 Å². The first-order chi connectivity index (χ1) is 12.4. The number of nitrogens with one attached hydrogen (secondary N) is 1. The Morgan fingerprint density at radius 3 is 2.23 bits per heavy atom. The van der Waals surface area contributed by atoms with E-state index in [1.165, 1.54) is 5.56 Å². The topological polar surface area (TPSA) is 32.4 Å². The van der Waals surface area contributed by atoms with E-state index in [1.54, 1.807) is 26.4 Å². The van der Waals surface area contributed by atoms with Gasteiger partial charge in [0.2, 0.25) is 0 Å². The third kappa shape index (κ3) is 3.84. The van der Waals surface area contributed by atoms with Crippen molar-refractivity contribution in [3.8, 4) is 11.5 Å². The summed E-state index contributed by atoms with van der Waals surface area (Å²) in [5, 5.41) is 0. The molecule has 0 saturated carbocycles. The van der Waals surface area contributed by atoms with Crippen molar-refractivity contribution in [3.05, 3.63) is 58.7 Å². The largest absolute Gasteiger partial charge is 0.493 e. The van der Waals surface area contributed by atoms with E-state index in [-0.39, 0.29) is 0 Å². The van der Waals surface area contributed by atoms with Crippen molar-refractivity contribution in [3.63, 3.8) is 0 Å². The molecule has 0 radical (unpaired) electrons. The molecule has 0 aliphatic carbocycles. The molecule has 138 valence electrons. The molecule has 0 bridgehead atoms. The summed E-state index contributed by atoms with van der Waals surface area (Å²) in [6.07, 6.45) is -2.03. The maximum Gasteiger partial charge on any atom is 0.416 e. The van der Waals surface area contributed by atoms with Crippen molar-refractivity contribution in [2.45, 2.75) is 25.4 Å². The Labute approximate surface area is 150 Å². The molecule has 0 atom stereocenters. The zero-order valence-corrected chi connectivity index (χ0v) is 14.7. The SMILES string of the molecule is COc1cc2c(cc1OC)C(CCc1ccc(C(F)(F)F)cc1)=[NH+]CC2. The molecule has 1 aliphatic rings. The van der Waals surface area contributed by atoms with Crippen LogP contribution in [0.3, 0.4) is 0 Å². The summed E-state index contributed by atoms with van der Waals surface area (Å²) in [7, 11) is 3.21. The molecule has 6 heteroatoms. The Kier molecular flexibility index (Phi) is 5.20. The summed E-state index contributed by atoms with van der Waals surface area (Å²) in [6.45, 7) is 0.824. The van der Waals surface area contributed by atoms with Gasteiger partial charge in [-0.1, -0.05) is 12.1 Å². The Morgan fingerprint density at radius 2 is 1.62 bits per heavy atom. The number of benzene rings is 2. The number of hydrogen-bond acceptors (Lipinski definition) is 2. The van der Waals surface area contributed by atoms with E-state index in [2.05, 4.69) is 4.99 Å². The van der Waals surface area contributed by atoms with Crippen LogP contribution in [0.25, 0.3) is 0 Å². The number of aryl methyl sites for hydroxylation is 1. The van der Waals surface area contributed by atoms with Gasteiger partial charge in [0, 0.05) is 18.4 Å². The molecule has 2 aromatic rings. The summed E-state index contributed by atoms with van der Waals surface area (Å²) in [6, 6.07) is 9.31. The third-order valence-corrected chi connectivity index (χ3v) is 4.61. The average Bonchev–Trinajstić information content (AvgIpc) is 2.64. The predicted molar refractivity (Wildman–Crippen MR) is 93.0 cm³/mol. The second-order valence-electron chi connectivity index (χ2n) is 6.21. The standard InChI is InChI=1S/C20H20F3NO2/c1-25-18-11-14-9-10-24-17(16(14)12-19(18)26-2)8-5-13-3-6-15(7-4-13)20(21,22)23/h3-4,6-7,11-12H,5,8-10H2,1-2H3/p+1. The Hall–Kier alpha value is -2.50. The zero-order chi connectivity index (χ0) is 18.7. The van der Waals surface area contributed by atoms with Crippen molar-refractivity contribution < 1.29 is 27.6 Å². The lowest BCUT2D eigenvalue weighted by Crippen LogP contribution is -2.75. The molecule has 0 spiro atoms. The predicted octanol–water partition coefficient (Wildman–Crippen LogP) is 2.78. The van der Waals surface area contributed by atoms with Gasteiger partial charge >= 0.3 is 6.18 Å². The zero-order valence-electron chi connectivity index (χ0n) is 14.7. The highest BCUT2D eigenvalue weighted by Crippen LogP contribution is 2.32. The molecule has 0 fully saturated rings. The number of alkyl halides is 3. The van der Waals surface area contributed by atoms with Gasteiger partial charge in [0.1, 0.15) is 6.54 Å². The van der Waals surface area contributed by atoms with Crippen LogP contribution in [0.15, 0.2) is 36.4 Å². The molecule has 1 aliphatic heterocycles. The molecular formula is C20H21F3NO2+. The van der Waals surface area contributed by atoms with E-state index in [0.717, 1.165) is 41.9 Å². The third-order valence-electron chi connectivity index (χ3n) is 4.61. The number of hydrogen-bond donors (Lipinski definition) is 1. The van der Waals surface area contributed by atoms with E-state index in [0.29, 0.717) is 24.3 Å². The van der Waals surface area contributed by atoms with Crippen LogP contribution in [0.2, 0.25) is 0 Å². The van der Waals surface area contributed by atoms with Gasteiger partial charge in [-0.05, 0) is 41.8 Å². The molecule has 26 heavy (non-hydrogen) atoms. The lowest BCUT2D eigenvalue weighted by Gasteiger charge is -2.16. The van der Waals surface area contributed by atoms with Gasteiger partial charge in [-0.25, -0.2) is 4.99 Å². The lowest BCUT2D eigenvalue weighted by molar-refractivity contribution is -0.459. The van der Waals surface area contributed by atoms with Gasteiger partial charge in [-0.15, -0.1) is 0 Å². The quantitative estimate of drug-likeness (QED) is 0.885. The summed E-state index contributed by atoms with van der Waals surface area (Å²) in [5.74, 6) is 1.37. The summed E-state index contributed by atoms with van der Waals surface area (Å²) in [4.78, 5) is 3.41. The molecule has 1 N–H and O–H groups in total. The highest BCUT2D eigenvalue weighted by atomic mass is 19.4. The van der Waals surface area contributed by atoms with Crippen LogP contribution in [0, 0.1) is 0 Å². The molecule has 0 aromatic heterocycles. The van der Waals surface area contributed by atoms with Crippen LogP contribution in [-0.4, -0.2) is 26.5 Å². The summed E-state index contributed by atoms with van der Waals surface area (Å²) >= 11 is 0. The molecule has 0 amide bonds. The summed E-state index contributed by atoms with van der Waals surface area (Å²) in [5.41, 5.74) is 3.60. The fourth-order valence-corrected chi connectivity index (χ4v) is 3.20. The minimum absolute atomic E-state index is 0.619. The number of halogens is 3. The van der Waals surface area contributed by atoms with Gasteiger partial charge in [-0.2, -0.15) is 13.2 Å². The van der Waals surface area contributed by atoms with Gasteiger partial charge in [0.05, 0.1) is 19.8 Å². The van der Waals surface area contributed by atoms with E-state index < -0.39 is 11.7 Å². The smallest absolute Gasteiger partial charge is 0.416 e. The lowest BCUT2D eigenvalue weighted by atomic mass is 9.93. The van der Waals surface area contributed by atoms with Gasteiger partial charge in [-0.3, -0.25) is 0 Å². The Balaban J connectivity index is 1.77. The molecule has 0 saturated heterocycles. The molecule has 3 rings (SSSR count). The monoisotopic (exact) mass is 364 g/mol. The Bertz CT molecular complexity index is 811. The fraction of sp³-hybridized carbons (Fsp3) is 0.350. The van der Waals surface area contributed by atoms with Crippen LogP contribution >= 0.6 is 0 Å². The van der Waals surface area contributed by atoms with E-state index in [9.17, 15) is 13.2 Å². The van der Waals surface area contributed by atoms with Crippen molar-refractivity contribution in [2.75, 3.05) is 20.8 Å². The van der Waals surface area contributed by atoms with E-state index >= 15 is 0 Å². The van der Waals surface area contributed by atoms with E-state index in [4.69, 9.17) is 9.47 Å². The molecule has 0 unspecified atom stereocenters. The fourth-order valence-electron chi connectivity index (χ4n) is 3.20. The second kappa shape index (κ2) is 7.40. The summed E-state index contributed by atoms with van der Waals surface area (Å²) < 4.78 is 48.7. The van der Waals surface area contributed by atoms with Crippen LogP contribution < -0.4 is 14.5 Å². The average molecular weight is 364 g/mol. The van der Waals surface area contributed by atoms with Crippen molar-refractivity contribution in [2.24, 2.45) is 0 Å². The van der Waals surface area contributed by atoms with Crippen molar-refractivity contribution >= 4 is 5.71 Å². The first kappa shape index (κ1) is 18.3. The maximum absolute atomic E-state index is 12.7. The van der Waals surface area contributed by atoms with Gasteiger partial charge < -0.3 is 9.47 Å². The molecule has 1 heterocycles. The van der Waals surface area contributed by atoms with Crippen molar-refractivity contribution in [1.29, 1.82) is 0 Å². The minimum Gasteiger partial charge on any atom is -0.493 e. The highest BCUT2D eigenvalue weighted by molar-refractivity contribution is 5.99. The first-order valence-corrected chi connectivity index (χ1v) is 8.43. The van der Waals surface area contributed by atoms with Crippen molar-refractivity contribution in [1.82, 2.24) is 0 Å². The molecular weight excluding hydrogens is 343 g/mol. The van der Waals surface area contributed by atoms with Crippen LogP contribution in [0.5, 0.6) is 11.5 Å². The number of rotatable bonds is 5. The number of methoxy groups -OCH3 is 2. The van der Waals surface area contributed by atoms with Crippen LogP contribution in [0.1, 0.15) is 28.7 Å². The second-order valence-corrected chi connectivity index (χ2v) is 6.21. The normalized spacial score (nSPS) is 13.8. The highest BCUT2D eigenvalue weighted by Gasteiger charge is 2.30.